The van der Waals surface area contributed by atoms with E-state index in [1.165, 1.54) is 11.8 Å². The summed E-state index contributed by atoms with van der Waals surface area (Å²) in [7, 11) is 0. The van der Waals surface area contributed by atoms with Crippen molar-refractivity contribution in [2.75, 3.05) is 25.4 Å². The Kier molecular flexibility index (Phi) is 6.46. The van der Waals surface area contributed by atoms with E-state index in [9.17, 15) is 9.59 Å². The Hall–Kier alpha value is -3.00. The Morgan fingerprint density at radius 1 is 1.19 bits per heavy atom. The fourth-order valence-corrected chi connectivity index (χ4v) is 4.79. The second-order valence-electron chi connectivity index (χ2n) is 7.52. The second-order valence-corrected chi connectivity index (χ2v) is 8.46. The number of fused-ring (bicyclic) bond motifs is 1. The van der Waals surface area contributed by atoms with Crippen LogP contribution in [0.2, 0.25) is 0 Å². The summed E-state index contributed by atoms with van der Waals surface area (Å²) in [5.74, 6) is 0.486. The van der Waals surface area contributed by atoms with Crippen LogP contribution in [0.5, 0.6) is 5.75 Å². The molecule has 3 aromatic rings. The largest absolute Gasteiger partial charge is 0.494 e. The highest BCUT2D eigenvalue weighted by Crippen LogP contribution is 2.29. The van der Waals surface area contributed by atoms with E-state index in [2.05, 4.69) is 4.57 Å². The third-order valence-corrected chi connectivity index (χ3v) is 6.36. The van der Waals surface area contributed by atoms with Crippen LogP contribution in [0.25, 0.3) is 16.7 Å². The van der Waals surface area contributed by atoms with Crippen molar-refractivity contribution in [3.8, 4) is 11.4 Å². The van der Waals surface area contributed by atoms with E-state index in [0.717, 1.165) is 40.5 Å². The molecular weight excluding hydrogens is 412 g/mol. The van der Waals surface area contributed by atoms with Gasteiger partial charge in [0.15, 0.2) is 5.16 Å². The molecule has 1 aliphatic rings. The predicted molar refractivity (Wildman–Crippen MR) is 121 cm³/mol. The molecule has 0 spiro atoms. The average Bonchev–Trinajstić information content (AvgIpc) is 3.16. The van der Waals surface area contributed by atoms with E-state index in [1.807, 2.05) is 55.5 Å². The van der Waals surface area contributed by atoms with Crippen molar-refractivity contribution in [1.29, 1.82) is 0 Å². The Labute approximate surface area is 185 Å². The highest BCUT2D eigenvalue weighted by Gasteiger charge is 2.27. The van der Waals surface area contributed by atoms with E-state index in [0.29, 0.717) is 19.7 Å². The molecule has 2 heterocycles. The number of aromatic nitrogens is 2. The highest BCUT2D eigenvalue weighted by atomic mass is 32.2. The number of rotatable bonds is 7. The lowest BCUT2D eigenvalue weighted by Crippen LogP contribution is -2.44. The van der Waals surface area contributed by atoms with Crippen molar-refractivity contribution in [3.05, 3.63) is 48.5 Å². The van der Waals surface area contributed by atoms with Crippen LogP contribution in [0, 0.1) is 5.92 Å². The summed E-state index contributed by atoms with van der Waals surface area (Å²) in [5.41, 5.74) is 8.26. The van der Waals surface area contributed by atoms with Crippen LogP contribution in [0.4, 0.5) is 0 Å². The minimum atomic E-state index is -0.331. The van der Waals surface area contributed by atoms with Gasteiger partial charge in [0.05, 0.1) is 29.3 Å². The molecule has 7 nitrogen and oxygen atoms in total. The first kappa shape index (κ1) is 21.2. The van der Waals surface area contributed by atoms with Crippen molar-refractivity contribution in [3.63, 3.8) is 0 Å². The maximum atomic E-state index is 12.8. The number of nitrogens with zero attached hydrogens (tertiary/aromatic N) is 3. The molecule has 2 N–H and O–H groups in total. The number of likely N-dealkylation sites (tertiary alicyclic amines) is 1. The fourth-order valence-electron chi connectivity index (χ4n) is 3.86. The van der Waals surface area contributed by atoms with Gasteiger partial charge in [0, 0.05) is 18.8 Å². The van der Waals surface area contributed by atoms with Crippen LogP contribution in [0.3, 0.4) is 0 Å². The number of imidazole rings is 1. The van der Waals surface area contributed by atoms with Gasteiger partial charge in [-0.15, -0.1) is 0 Å². The van der Waals surface area contributed by atoms with Gasteiger partial charge >= 0.3 is 0 Å². The third kappa shape index (κ3) is 4.69. The summed E-state index contributed by atoms with van der Waals surface area (Å²) in [5, 5.41) is 0.752. The summed E-state index contributed by atoms with van der Waals surface area (Å²) < 4.78 is 7.62. The Balaban J connectivity index is 1.55. The zero-order valence-electron chi connectivity index (χ0n) is 17.5. The normalized spacial score (nSPS) is 16.4. The van der Waals surface area contributed by atoms with Crippen molar-refractivity contribution in [2.24, 2.45) is 11.7 Å². The number of amides is 2. The molecule has 31 heavy (non-hydrogen) atoms. The monoisotopic (exact) mass is 438 g/mol. The number of hydrogen-bond acceptors (Lipinski definition) is 5. The van der Waals surface area contributed by atoms with E-state index in [-0.39, 0.29) is 23.5 Å². The summed E-state index contributed by atoms with van der Waals surface area (Å²) in [4.78, 5) is 30.8. The van der Waals surface area contributed by atoms with Gasteiger partial charge in [0.25, 0.3) is 0 Å². The van der Waals surface area contributed by atoms with Crippen molar-refractivity contribution < 1.29 is 14.3 Å². The smallest absolute Gasteiger partial charge is 0.233 e. The topological polar surface area (TPSA) is 90.5 Å². The first-order valence-corrected chi connectivity index (χ1v) is 11.5. The maximum Gasteiger partial charge on any atom is 0.233 e. The van der Waals surface area contributed by atoms with Crippen molar-refractivity contribution in [1.82, 2.24) is 14.5 Å². The molecule has 2 aromatic carbocycles. The van der Waals surface area contributed by atoms with E-state index >= 15 is 0 Å². The molecule has 0 radical (unpaired) electrons. The molecule has 2 amide bonds. The lowest BCUT2D eigenvalue weighted by atomic mass is 9.97. The highest BCUT2D eigenvalue weighted by molar-refractivity contribution is 7.99. The van der Waals surface area contributed by atoms with Gasteiger partial charge < -0.3 is 15.4 Å². The lowest BCUT2D eigenvalue weighted by Gasteiger charge is -2.31. The second kappa shape index (κ2) is 9.43. The molecule has 1 saturated heterocycles. The molecule has 0 saturated carbocycles. The number of benzene rings is 2. The zero-order chi connectivity index (χ0) is 21.8. The number of ether oxygens (including phenoxy) is 1. The van der Waals surface area contributed by atoms with Gasteiger partial charge in [-0.05, 0) is 56.2 Å². The fraction of sp³-hybridized carbons (Fsp3) is 0.348. The van der Waals surface area contributed by atoms with Crippen LogP contribution in [-0.2, 0) is 9.59 Å². The van der Waals surface area contributed by atoms with Gasteiger partial charge in [0.2, 0.25) is 11.8 Å². The number of nitrogens with two attached hydrogens (primary N) is 1. The summed E-state index contributed by atoms with van der Waals surface area (Å²) >= 11 is 1.41. The van der Waals surface area contributed by atoms with Crippen molar-refractivity contribution >= 4 is 34.6 Å². The summed E-state index contributed by atoms with van der Waals surface area (Å²) in [6, 6.07) is 15.8. The SMILES string of the molecule is CCOc1ccc(-n2c(SCC(=O)N3CCCC(C(N)=O)C3)nc3ccccc32)cc1. The first-order chi connectivity index (χ1) is 15.1. The molecule has 8 heteroatoms. The van der Waals surface area contributed by atoms with E-state index in [1.54, 1.807) is 4.90 Å². The molecule has 0 aliphatic carbocycles. The number of primary amides is 1. The van der Waals surface area contributed by atoms with Gasteiger partial charge in [0.1, 0.15) is 5.75 Å². The summed E-state index contributed by atoms with van der Waals surface area (Å²) in [6.07, 6.45) is 1.55. The molecule has 1 aliphatic heterocycles. The first-order valence-electron chi connectivity index (χ1n) is 10.5. The quantitative estimate of drug-likeness (QED) is 0.572. The number of hydrogen-bond donors (Lipinski definition) is 1. The van der Waals surface area contributed by atoms with Gasteiger partial charge in [-0.1, -0.05) is 23.9 Å². The van der Waals surface area contributed by atoms with Crippen LogP contribution >= 0.6 is 11.8 Å². The lowest BCUT2D eigenvalue weighted by molar-refractivity contribution is -0.132. The zero-order valence-corrected chi connectivity index (χ0v) is 18.3. The number of carbonyl (C=O) groups excluding carboxylic acids is 2. The van der Waals surface area contributed by atoms with Gasteiger partial charge in [-0.25, -0.2) is 4.98 Å². The van der Waals surface area contributed by atoms with Crippen LogP contribution < -0.4 is 10.5 Å². The molecule has 0 bridgehead atoms. The van der Waals surface area contributed by atoms with E-state index < -0.39 is 0 Å². The average molecular weight is 439 g/mol. The van der Waals surface area contributed by atoms with E-state index in [4.69, 9.17) is 15.5 Å². The van der Waals surface area contributed by atoms with Crippen molar-refractivity contribution in [2.45, 2.75) is 24.9 Å². The molecule has 1 atom stereocenters. The molecule has 1 aromatic heterocycles. The molecular formula is C23H26N4O3S. The molecule has 4 rings (SSSR count). The Morgan fingerprint density at radius 3 is 2.71 bits per heavy atom. The van der Waals surface area contributed by atoms with Crippen LogP contribution in [-0.4, -0.2) is 51.7 Å². The minimum absolute atomic E-state index is 0.00116. The predicted octanol–water partition coefficient (Wildman–Crippen LogP) is 3.24. The Morgan fingerprint density at radius 2 is 1.97 bits per heavy atom. The minimum Gasteiger partial charge on any atom is -0.494 e. The van der Waals surface area contributed by atoms with Crippen LogP contribution in [0.15, 0.2) is 53.7 Å². The third-order valence-electron chi connectivity index (χ3n) is 5.44. The number of carbonyl (C=O) groups is 2. The maximum absolute atomic E-state index is 12.8. The molecule has 1 unspecified atom stereocenters. The number of thioether (sulfide) groups is 1. The summed E-state index contributed by atoms with van der Waals surface area (Å²) in [6.45, 7) is 3.64. The van der Waals surface area contributed by atoms with Gasteiger partial charge in [-0.3, -0.25) is 14.2 Å². The van der Waals surface area contributed by atoms with Crippen LogP contribution in [0.1, 0.15) is 19.8 Å². The number of piperidine rings is 1. The standard InChI is InChI=1S/C23H26N4O3S/c1-2-30-18-11-9-17(10-12-18)27-20-8-4-3-7-19(20)25-23(27)31-15-21(28)26-13-5-6-16(14-26)22(24)29/h3-4,7-12,16H,2,5-6,13-15H2,1H3,(H2,24,29). The molecule has 1 fully saturated rings. The molecule has 162 valence electrons. The Bertz CT molecular complexity index is 1080. The number of para-hydroxylation sites is 2. The van der Waals surface area contributed by atoms with Gasteiger partial charge in [-0.2, -0.15) is 0 Å².